The van der Waals surface area contributed by atoms with Gasteiger partial charge in [-0.2, -0.15) is 0 Å². The lowest BCUT2D eigenvalue weighted by molar-refractivity contribution is 0.404. The van der Waals surface area contributed by atoms with Gasteiger partial charge in [-0.1, -0.05) is 11.6 Å². The molecule has 0 saturated heterocycles. The maximum Gasteiger partial charge on any atom is 0.155 e. The highest BCUT2D eigenvalue weighted by atomic mass is 35.5. The number of methoxy groups -OCH3 is 2. The van der Waals surface area contributed by atoms with Crippen molar-refractivity contribution in [1.82, 2.24) is 9.97 Å². The summed E-state index contributed by atoms with van der Waals surface area (Å²) in [4.78, 5) is 8.20. The number of nitrogens with zero attached hydrogens (tertiary/aromatic N) is 2. The maximum absolute atomic E-state index is 6.01. The van der Waals surface area contributed by atoms with E-state index in [2.05, 4.69) is 9.97 Å². The van der Waals surface area contributed by atoms with Crippen molar-refractivity contribution in [3.8, 4) is 22.8 Å². The van der Waals surface area contributed by atoms with Crippen molar-refractivity contribution in [3.63, 3.8) is 0 Å². The Hall–Kier alpha value is -1.81. The molecule has 0 fully saturated rings. The van der Waals surface area contributed by atoms with Crippen LogP contribution in [0.5, 0.6) is 11.5 Å². The summed E-state index contributed by atoms with van der Waals surface area (Å²) in [6.07, 6.45) is 3.12. The van der Waals surface area contributed by atoms with Gasteiger partial charge in [-0.25, -0.2) is 4.98 Å². The molecule has 0 saturated carbocycles. The number of ether oxygens (including phenoxy) is 2. The second-order valence-electron chi connectivity index (χ2n) is 3.26. The van der Waals surface area contributed by atoms with Crippen molar-refractivity contribution in [2.45, 2.75) is 0 Å². The van der Waals surface area contributed by atoms with Gasteiger partial charge in [0.15, 0.2) is 5.15 Å². The van der Waals surface area contributed by atoms with Gasteiger partial charge in [0.1, 0.15) is 17.2 Å². The van der Waals surface area contributed by atoms with Gasteiger partial charge < -0.3 is 9.47 Å². The van der Waals surface area contributed by atoms with Crippen LogP contribution in [0.3, 0.4) is 0 Å². The van der Waals surface area contributed by atoms with Gasteiger partial charge in [-0.3, -0.25) is 4.98 Å². The van der Waals surface area contributed by atoms with Gasteiger partial charge >= 0.3 is 0 Å². The van der Waals surface area contributed by atoms with Gasteiger partial charge in [-0.05, 0) is 18.2 Å². The van der Waals surface area contributed by atoms with Crippen LogP contribution in [0.25, 0.3) is 11.3 Å². The molecule has 1 aromatic heterocycles. The van der Waals surface area contributed by atoms with Crippen LogP contribution in [0.4, 0.5) is 0 Å². The van der Waals surface area contributed by atoms with Crippen LogP contribution in [0.2, 0.25) is 5.15 Å². The summed E-state index contributed by atoms with van der Waals surface area (Å²) in [5.74, 6) is 1.38. The molecule has 0 aliphatic carbocycles. The summed E-state index contributed by atoms with van der Waals surface area (Å²) < 4.78 is 10.4. The average Bonchev–Trinajstić information content (AvgIpc) is 2.38. The molecule has 0 aliphatic heterocycles. The Labute approximate surface area is 104 Å². The normalized spacial score (nSPS) is 10.1. The van der Waals surface area contributed by atoms with Crippen molar-refractivity contribution in [2.75, 3.05) is 14.2 Å². The van der Waals surface area contributed by atoms with Crippen LogP contribution in [0.15, 0.2) is 30.6 Å². The number of hydrogen-bond acceptors (Lipinski definition) is 4. The first-order chi connectivity index (χ1) is 8.26. The van der Waals surface area contributed by atoms with Crippen LogP contribution >= 0.6 is 11.6 Å². The molecule has 0 bridgehead atoms. The topological polar surface area (TPSA) is 44.2 Å². The minimum atomic E-state index is 0.332. The molecule has 2 rings (SSSR count). The molecule has 4 nitrogen and oxygen atoms in total. The molecule has 0 atom stereocenters. The van der Waals surface area contributed by atoms with E-state index in [9.17, 15) is 0 Å². The summed E-state index contributed by atoms with van der Waals surface area (Å²) in [7, 11) is 3.19. The molecular formula is C12H11ClN2O2. The number of aromatic nitrogens is 2. The minimum Gasteiger partial charge on any atom is -0.497 e. The third kappa shape index (κ3) is 2.31. The van der Waals surface area contributed by atoms with Crippen molar-refractivity contribution >= 4 is 11.6 Å². The van der Waals surface area contributed by atoms with Crippen LogP contribution in [-0.4, -0.2) is 24.2 Å². The van der Waals surface area contributed by atoms with Gasteiger partial charge in [0.2, 0.25) is 0 Å². The third-order valence-corrected chi connectivity index (χ3v) is 2.59. The Morgan fingerprint density at radius 3 is 2.47 bits per heavy atom. The van der Waals surface area contributed by atoms with E-state index < -0.39 is 0 Å². The summed E-state index contributed by atoms with van der Waals surface area (Å²) in [5.41, 5.74) is 1.33. The Morgan fingerprint density at radius 1 is 1.06 bits per heavy atom. The zero-order valence-corrected chi connectivity index (χ0v) is 10.2. The second-order valence-corrected chi connectivity index (χ2v) is 3.62. The van der Waals surface area contributed by atoms with E-state index >= 15 is 0 Å². The quantitative estimate of drug-likeness (QED) is 0.840. The SMILES string of the molecule is COc1ccc(OC)c(-c2nccnc2Cl)c1. The molecule has 88 valence electrons. The van der Waals surface area contributed by atoms with Crippen LogP contribution in [0, 0.1) is 0 Å². The third-order valence-electron chi connectivity index (χ3n) is 2.32. The summed E-state index contributed by atoms with van der Waals surface area (Å²) in [5, 5.41) is 0.332. The molecule has 0 spiro atoms. The largest absolute Gasteiger partial charge is 0.497 e. The van der Waals surface area contributed by atoms with Crippen LogP contribution in [-0.2, 0) is 0 Å². The van der Waals surface area contributed by atoms with E-state index in [1.165, 1.54) is 0 Å². The molecule has 1 aromatic carbocycles. The predicted molar refractivity (Wildman–Crippen MR) is 65.6 cm³/mol. The van der Waals surface area contributed by atoms with E-state index in [1.54, 1.807) is 32.7 Å². The lowest BCUT2D eigenvalue weighted by Crippen LogP contribution is -1.93. The molecule has 2 aromatic rings. The Morgan fingerprint density at radius 2 is 1.82 bits per heavy atom. The van der Waals surface area contributed by atoms with Crippen molar-refractivity contribution in [1.29, 1.82) is 0 Å². The number of hydrogen-bond donors (Lipinski definition) is 0. The monoisotopic (exact) mass is 250 g/mol. The molecule has 0 unspecified atom stereocenters. The summed E-state index contributed by atoms with van der Waals surface area (Å²) in [6, 6.07) is 5.43. The van der Waals surface area contributed by atoms with Crippen LogP contribution in [0.1, 0.15) is 0 Å². The van der Waals surface area contributed by atoms with Gasteiger partial charge in [-0.15, -0.1) is 0 Å². The average molecular weight is 251 g/mol. The van der Waals surface area contributed by atoms with Crippen molar-refractivity contribution in [3.05, 3.63) is 35.7 Å². The zero-order chi connectivity index (χ0) is 12.3. The second kappa shape index (κ2) is 5.01. The molecule has 0 amide bonds. The number of benzene rings is 1. The molecule has 0 radical (unpaired) electrons. The van der Waals surface area contributed by atoms with Gasteiger partial charge in [0.05, 0.1) is 14.2 Å². The Balaban J connectivity index is 2.60. The first-order valence-corrected chi connectivity index (χ1v) is 5.33. The maximum atomic E-state index is 6.01. The van der Waals surface area contributed by atoms with E-state index in [1.807, 2.05) is 12.1 Å². The highest BCUT2D eigenvalue weighted by molar-refractivity contribution is 6.31. The fourth-order valence-corrected chi connectivity index (χ4v) is 1.71. The van der Waals surface area contributed by atoms with Crippen LogP contribution < -0.4 is 9.47 Å². The Bertz CT molecular complexity index is 532. The van der Waals surface area contributed by atoms with Gasteiger partial charge in [0, 0.05) is 18.0 Å². The van der Waals surface area contributed by atoms with E-state index in [0.29, 0.717) is 22.3 Å². The lowest BCUT2D eigenvalue weighted by atomic mass is 10.1. The molecule has 1 heterocycles. The molecule has 0 N–H and O–H groups in total. The fraction of sp³-hybridized carbons (Fsp3) is 0.167. The van der Waals surface area contributed by atoms with E-state index in [-0.39, 0.29) is 0 Å². The number of rotatable bonds is 3. The van der Waals surface area contributed by atoms with Crippen molar-refractivity contribution < 1.29 is 9.47 Å². The van der Waals surface area contributed by atoms with E-state index in [0.717, 1.165) is 5.56 Å². The Kier molecular flexibility index (Phi) is 3.44. The summed E-state index contributed by atoms with van der Waals surface area (Å²) in [6.45, 7) is 0. The first-order valence-electron chi connectivity index (χ1n) is 4.95. The molecule has 17 heavy (non-hydrogen) atoms. The lowest BCUT2D eigenvalue weighted by Gasteiger charge is -2.10. The fourth-order valence-electron chi connectivity index (χ4n) is 1.50. The minimum absolute atomic E-state index is 0.332. The molecular weight excluding hydrogens is 240 g/mol. The smallest absolute Gasteiger partial charge is 0.155 e. The van der Waals surface area contributed by atoms with Gasteiger partial charge in [0.25, 0.3) is 0 Å². The van der Waals surface area contributed by atoms with Crippen molar-refractivity contribution in [2.24, 2.45) is 0 Å². The highest BCUT2D eigenvalue weighted by Crippen LogP contribution is 2.34. The standard InChI is InChI=1S/C12H11ClN2O2/c1-16-8-3-4-10(17-2)9(7-8)11-12(13)15-6-5-14-11/h3-7H,1-2H3. The molecule has 0 aliphatic rings. The first kappa shape index (κ1) is 11.7. The molecule has 5 heteroatoms. The summed E-state index contributed by atoms with van der Waals surface area (Å²) >= 11 is 6.01. The zero-order valence-electron chi connectivity index (χ0n) is 9.48. The highest BCUT2D eigenvalue weighted by Gasteiger charge is 2.12. The predicted octanol–water partition coefficient (Wildman–Crippen LogP) is 2.81. The van der Waals surface area contributed by atoms with E-state index in [4.69, 9.17) is 21.1 Å². The number of halogens is 1.